The predicted octanol–water partition coefficient (Wildman–Crippen LogP) is 3.65. The summed E-state index contributed by atoms with van der Waals surface area (Å²) in [4.78, 5) is 2.27. The van der Waals surface area contributed by atoms with Crippen molar-refractivity contribution in [3.63, 3.8) is 0 Å². The molecular weight excluding hydrogens is 218 g/mol. The quantitative estimate of drug-likeness (QED) is 0.764. The average molecular weight is 231 g/mol. The van der Waals surface area contributed by atoms with Gasteiger partial charge in [-0.05, 0) is 48.9 Å². The first-order valence-corrected chi connectivity index (χ1v) is 5.86. The van der Waals surface area contributed by atoms with E-state index in [2.05, 4.69) is 6.08 Å². The molecule has 0 aromatic heterocycles. The van der Waals surface area contributed by atoms with Gasteiger partial charge in [-0.3, -0.25) is 0 Å². The standard InChI is InChI=1S/C13H13NOS/c14-10-4-7-13(8-5-10)16-12-3-1-2-11(15)6-9-12/h2-9,15H,1,14H2. The molecule has 0 radical (unpaired) electrons. The molecule has 0 aliphatic heterocycles. The number of allylic oxidation sites excluding steroid dienone is 4. The summed E-state index contributed by atoms with van der Waals surface area (Å²) in [6.07, 6.45) is 8.26. The molecule has 1 aliphatic rings. The summed E-state index contributed by atoms with van der Waals surface area (Å²) in [6.45, 7) is 0. The van der Waals surface area contributed by atoms with Crippen molar-refractivity contribution >= 4 is 17.4 Å². The third-order valence-corrected chi connectivity index (χ3v) is 3.23. The number of hydrogen-bond donors (Lipinski definition) is 2. The molecule has 3 heteroatoms. The highest BCUT2D eigenvalue weighted by Crippen LogP contribution is 2.29. The number of aliphatic hydroxyl groups excluding tert-OH is 1. The van der Waals surface area contributed by atoms with Gasteiger partial charge < -0.3 is 10.8 Å². The molecule has 0 amide bonds. The molecular formula is C13H13NOS. The fourth-order valence-corrected chi connectivity index (χ4v) is 2.21. The Balaban J connectivity index is 2.08. The fraction of sp³-hybridized carbons (Fsp3) is 0.0769. The van der Waals surface area contributed by atoms with E-state index in [1.807, 2.05) is 30.3 Å². The first-order chi connectivity index (χ1) is 7.74. The van der Waals surface area contributed by atoms with Gasteiger partial charge in [0.2, 0.25) is 0 Å². The summed E-state index contributed by atoms with van der Waals surface area (Å²) in [5.74, 6) is 0.323. The Morgan fingerprint density at radius 1 is 1.06 bits per heavy atom. The summed E-state index contributed by atoms with van der Waals surface area (Å²) in [5, 5.41) is 9.32. The van der Waals surface area contributed by atoms with Crippen molar-refractivity contribution in [2.24, 2.45) is 0 Å². The minimum absolute atomic E-state index is 0.323. The highest BCUT2D eigenvalue weighted by atomic mass is 32.2. The lowest BCUT2D eigenvalue weighted by Crippen LogP contribution is -1.82. The maximum atomic E-state index is 9.32. The molecule has 0 saturated heterocycles. The van der Waals surface area contributed by atoms with E-state index in [0.29, 0.717) is 5.76 Å². The molecule has 0 spiro atoms. The summed E-state index contributed by atoms with van der Waals surface area (Å²) in [7, 11) is 0. The maximum Gasteiger partial charge on any atom is 0.111 e. The van der Waals surface area contributed by atoms with Crippen LogP contribution in [-0.2, 0) is 0 Å². The van der Waals surface area contributed by atoms with E-state index in [9.17, 15) is 5.11 Å². The second-order valence-electron chi connectivity index (χ2n) is 3.48. The van der Waals surface area contributed by atoms with Crippen LogP contribution in [0, 0.1) is 0 Å². The highest BCUT2D eigenvalue weighted by Gasteiger charge is 2.00. The molecule has 2 rings (SSSR count). The van der Waals surface area contributed by atoms with E-state index >= 15 is 0 Å². The first-order valence-electron chi connectivity index (χ1n) is 5.05. The van der Waals surface area contributed by atoms with Crippen LogP contribution < -0.4 is 5.73 Å². The topological polar surface area (TPSA) is 46.2 Å². The number of aliphatic hydroxyl groups is 1. The lowest BCUT2D eigenvalue weighted by atomic mass is 10.3. The number of nitrogens with two attached hydrogens (primary N) is 1. The lowest BCUT2D eigenvalue weighted by molar-refractivity contribution is 0.431. The molecule has 1 aromatic rings. The average Bonchev–Trinajstić information content (AvgIpc) is 2.47. The number of thioether (sulfide) groups is 1. The minimum atomic E-state index is 0.323. The number of hydrogen-bond acceptors (Lipinski definition) is 3. The van der Waals surface area contributed by atoms with E-state index in [-0.39, 0.29) is 0 Å². The van der Waals surface area contributed by atoms with Crippen molar-refractivity contribution in [3.8, 4) is 0 Å². The van der Waals surface area contributed by atoms with Gasteiger partial charge in [-0.15, -0.1) is 0 Å². The van der Waals surface area contributed by atoms with Crippen LogP contribution in [0.25, 0.3) is 0 Å². The van der Waals surface area contributed by atoms with Gasteiger partial charge in [0.15, 0.2) is 0 Å². The van der Waals surface area contributed by atoms with Gasteiger partial charge >= 0.3 is 0 Å². The Morgan fingerprint density at radius 3 is 2.56 bits per heavy atom. The molecule has 1 aromatic carbocycles. The van der Waals surface area contributed by atoms with Gasteiger partial charge in [0.1, 0.15) is 5.76 Å². The Kier molecular flexibility index (Phi) is 3.37. The number of benzene rings is 1. The summed E-state index contributed by atoms with van der Waals surface area (Å²) < 4.78 is 0. The van der Waals surface area contributed by atoms with Crippen molar-refractivity contribution < 1.29 is 5.11 Å². The third kappa shape index (κ3) is 2.94. The fourth-order valence-electron chi connectivity index (χ4n) is 1.35. The van der Waals surface area contributed by atoms with Crippen LogP contribution in [0.1, 0.15) is 6.42 Å². The second-order valence-corrected chi connectivity index (χ2v) is 4.62. The molecule has 16 heavy (non-hydrogen) atoms. The molecule has 0 heterocycles. The van der Waals surface area contributed by atoms with Gasteiger partial charge in [0.25, 0.3) is 0 Å². The van der Waals surface area contributed by atoms with E-state index in [1.54, 1.807) is 23.9 Å². The monoisotopic (exact) mass is 231 g/mol. The zero-order valence-electron chi connectivity index (χ0n) is 8.76. The van der Waals surface area contributed by atoms with Gasteiger partial charge in [-0.25, -0.2) is 0 Å². The molecule has 0 saturated carbocycles. The normalized spacial score (nSPS) is 15.2. The molecule has 2 nitrogen and oxygen atoms in total. The van der Waals surface area contributed by atoms with Crippen molar-refractivity contribution in [1.82, 2.24) is 0 Å². The van der Waals surface area contributed by atoms with Crippen molar-refractivity contribution in [2.75, 3.05) is 5.73 Å². The molecule has 3 N–H and O–H groups in total. The van der Waals surface area contributed by atoms with Crippen LogP contribution in [-0.4, -0.2) is 5.11 Å². The van der Waals surface area contributed by atoms with E-state index in [1.165, 1.54) is 0 Å². The van der Waals surface area contributed by atoms with Crippen LogP contribution in [0.15, 0.2) is 64.1 Å². The third-order valence-electron chi connectivity index (χ3n) is 2.18. The van der Waals surface area contributed by atoms with E-state index in [0.717, 1.165) is 21.9 Å². The van der Waals surface area contributed by atoms with Crippen LogP contribution in [0.3, 0.4) is 0 Å². The summed E-state index contributed by atoms with van der Waals surface area (Å²) in [5.41, 5.74) is 6.40. The smallest absolute Gasteiger partial charge is 0.111 e. The molecule has 0 unspecified atom stereocenters. The Labute approximate surface area is 99.2 Å². The van der Waals surface area contributed by atoms with Crippen molar-refractivity contribution in [1.29, 1.82) is 0 Å². The Bertz CT molecular complexity index is 457. The highest BCUT2D eigenvalue weighted by molar-refractivity contribution is 8.03. The second kappa shape index (κ2) is 4.94. The Hall–Kier alpha value is -1.61. The molecule has 0 atom stereocenters. The van der Waals surface area contributed by atoms with E-state index in [4.69, 9.17) is 5.73 Å². The zero-order valence-corrected chi connectivity index (χ0v) is 9.58. The summed E-state index contributed by atoms with van der Waals surface area (Å²) in [6, 6.07) is 7.76. The molecule has 0 fully saturated rings. The summed E-state index contributed by atoms with van der Waals surface area (Å²) >= 11 is 1.66. The van der Waals surface area contributed by atoms with E-state index < -0.39 is 0 Å². The Morgan fingerprint density at radius 2 is 1.81 bits per heavy atom. The zero-order chi connectivity index (χ0) is 11.4. The van der Waals surface area contributed by atoms with Crippen LogP contribution in [0.2, 0.25) is 0 Å². The predicted molar refractivity (Wildman–Crippen MR) is 69.3 cm³/mol. The molecule has 82 valence electrons. The van der Waals surface area contributed by atoms with Crippen molar-refractivity contribution in [3.05, 3.63) is 59.2 Å². The minimum Gasteiger partial charge on any atom is -0.508 e. The van der Waals surface area contributed by atoms with Gasteiger partial charge in [-0.1, -0.05) is 17.8 Å². The molecule has 0 bridgehead atoms. The van der Waals surface area contributed by atoms with Crippen LogP contribution in [0.4, 0.5) is 5.69 Å². The first kappa shape index (κ1) is 10.9. The van der Waals surface area contributed by atoms with Gasteiger partial charge in [0, 0.05) is 15.5 Å². The van der Waals surface area contributed by atoms with Gasteiger partial charge in [0.05, 0.1) is 0 Å². The maximum absolute atomic E-state index is 9.32. The lowest BCUT2D eigenvalue weighted by Gasteiger charge is -2.02. The largest absolute Gasteiger partial charge is 0.508 e. The van der Waals surface area contributed by atoms with Crippen molar-refractivity contribution in [2.45, 2.75) is 11.3 Å². The number of rotatable bonds is 2. The van der Waals surface area contributed by atoms with Crippen LogP contribution >= 0.6 is 11.8 Å². The SMILES string of the molecule is Nc1ccc(SC2=CCC=C(O)C=C2)cc1. The van der Waals surface area contributed by atoms with Gasteiger partial charge in [-0.2, -0.15) is 0 Å². The number of anilines is 1. The van der Waals surface area contributed by atoms with Crippen LogP contribution in [0.5, 0.6) is 0 Å². The number of nitrogen functional groups attached to an aromatic ring is 1. The molecule has 1 aliphatic carbocycles.